The van der Waals surface area contributed by atoms with Crippen molar-refractivity contribution in [1.82, 2.24) is 0 Å². The van der Waals surface area contributed by atoms with Gasteiger partial charge in [0.25, 0.3) is 0 Å². The van der Waals surface area contributed by atoms with Crippen molar-refractivity contribution >= 4 is 27.5 Å². The van der Waals surface area contributed by atoms with Crippen molar-refractivity contribution < 1.29 is 0 Å². The molecule has 0 nitrogen and oxygen atoms in total. The third-order valence-electron chi connectivity index (χ3n) is 4.76. The lowest BCUT2D eigenvalue weighted by Gasteiger charge is -2.35. The Labute approximate surface area is 173 Å². The van der Waals surface area contributed by atoms with Gasteiger partial charge >= 0.3 is 0 Å². The second kappa shape index (κ2) is 6.99. The van der Waals surface area contributed by atoms with E-state index in [0.717, 1.165) is 5.02 Å². The second-order valence-electron chi connectivity index (χ2n) is 10.3. The normalized spacial score (nSPS) is 13.2. The van der Waals surface area contributed by atoms with E-state index in [-0.39, 0.29) is 16.2 Å². The SMILES string of the molecule is CC(C)(C)c1cc(C(C)(C)C)c(-c2ccc(Cl)cc2)c(C(C)(C)C)c1Br. The highest BCUT2D eigenvalue weighted by atomic mass is 79.9. The molecule has 0 aromatic heterocycles. The Bertz CT molecular complexity index is 795. The van der Waals surface area contributed by atoms with Gasteiger partial charge in [-0.2, -0.15) is 0 Å². The van der Waals surface area contributed by atoms with Gasteiger partial charge in [0, 0.05) is 9.50 Å². The average Bonchev–Trinajstić information content (AvgIpc) is 2.43. The molecule has 0 unspecified atom stereocenters. The first kappa shape index (κ1) is 21.5. The summed E-state index contributed by atoms with van der Waals surface area (Å²) in [4.78, 5) is 0. The van der Waals surface area contributed by atoms with Crippen LogP contribution in [0.5, 0.6) is 0 Å². The third-order valence-corrected chi connectivity index (χ3v) is 5.84. The summed E-state index contributed by atoms with van der Waals surface area (Å²) in [6, 6.07) is 10.7. The van der Waals surface area contributed by atoms with Crippen LogP contribution in [0.3, 0.4) is 0 Å². The van der Waals surface area contributed by atoms with E-state index in [0.29, 0.717) is 0 Å². The fourth-order valence-corrected chi connectivity index (χ4v) is 5.05. The van der Waals surface area contributed by atoms with Crippen LogP contribution in [0.15, 0.2) is 34.8 Å². The van der Waals surface area contributed by atoms with Crippen molar-refractivity contribution in [1.29, 1.82) is 0 Å². The van der Waals surface area contributed by atoms with E-state index in [4.69, 9.17) is 11.6 Å². The number of hydrogen-bond donors (Lipinski definition) is 0. The minimum atomic E-state index is 0.00899. The molecule has 0 atom stereocenters. The van der Waals surface area contributed by atoms with Crippen LogP contribution < -0.4 is 0 Å². The summed E-state index contributed by atoms with van der Waals surface area (Å²) in [6.45, 7) is 20.6. The zero-order chi connectivity index (χ0) is 20.1. The van der Waals surface area contributed by atoms with Crippen LogP contribution in [0, 0.1) is 0 Å². The molecule has 2 aromatic carbocycles. The Balaban J connectivity index is 3.05. The van der Waals surface area contributed by atoms with Gasteiger partial charge in [-0.3, -0.25) is 0 Å². The molecule has 0 saturated carbocycles. The van der Waals surface area contributed by atoms with Crippen LogP contribution in [-0.4, -0.2) is 0 Å². The Kier molecular flexibility index (Phi) is 5.78. The molecule has 0 saturated heterocycles. The van der Waals surface area contributed by atoms with Crippen LogP contribution in [0.2, 0.25) is 5.02 Å². The van der Waals surface area contributed by atoms with Crippen molar-refractivity contribution in [2.75, 3.05) is 0 Å². The predicted molar refractivity (Wildman–Crippen MR) is 121 cm³/mol. The van der Waals surface area contributed by atoms with Gasteiger partial charge in [0.15, 0.2) is 0 Å². The summed E-state index contributed by atoms with van der Waals surface area (Å²) in [7, 11) is 0. The molecular weight excluding hydrogens is 404 g/mol. The number of hydrogen-bond acceptors (Lipinski definition) is 0. The maximum atomic E-state index is 6.17. The molecule has 142 valence electrons. The highest BCUT2D eigenvalue weighted by Crippen LogP contribution is 2.48. The molecule has 0 bridgehead atoms. The summed E-state index contributed by atoms with van der Waals surface area (Å²) in [6.07, 6.45) is 0. The molecule has 0 N–H and O–H groups in total. The summed E-state index contributed by atoms with van der Waals surface area (Å²) >= 11 is 10.2. The molecule has 0 aliphatic heterocycles. The van der Waals surface area contributed by atoms with E-state index in [1.807, 2.05) is 12.1 Å². The van der Waals surface area contributed by atoms with Crippen molar-refractivity contribution in [3.63, 3.8) is 0 Å². The smallest absolute Gasteiger partial charge is 0.0406 e. The van der Waals surface area contributed by atoms with Crippen LogP contribution in [0.1, 0.15) is 79.0 Å². The zero-order valence-corrected chi connectivity index (χ0v) is 20.0. The maximum Gasteiger partial charge on any atom is 0.0406 e. The van der Waals surface area contributed by atoms with E-state index < -0.39 is 0 Å². The van der Waals surface area contributed by atoms with Gasteiger partial charge in [0.1, 0.15) is 0 Å². The molecule has 0 aliphatic carbocycles. The fraction of sp³-hybridized carbons (Fsp3) is 0.500. The lowest BCUT2D eigenvalue weighted by molar-refractivity contribution is 0.546. The van der Waals surface area contributed by atoms with Crippen LogP contribution in [0.4, 0.5) is 0 Å². The Morgan fingerprint density at radius 1 is 0.692 bits per heavy atom. The van der Waals surface area contributed by atoms with Crippen LogP contribution in [-0.2, 0) is 16.2 Å². The van der Waals surface area contributed by atoms with Crippen molar-refractivity contribution in [3.8, 4) is 11.1 Å². The molecule has 2 rings (SSSR count). The Morgan fingerprint density at radius 3 is 1.54 bits per heavy atom. The molecule has 0 radical (unpaired) electrons. The van der Waals surface area contributed by atoms with E-state index in [9.17, 15) is 0 Å². The van der Waals surface area contributed by atoms with Crippen LogP contribution in [0.25, 0.3) is 11.1 Å². The summed E-state index contributed by atoms with van der Waals surface area (Å²) in [5, 5.41) is 0.772. The van der Waals surface area contributed by atoms with Gasteiger partial charge in [-0.1, -0.05) is 108 Å². The van der Waals surface area contributed by atoms with Gasteiger partial charge in [0.05, 0.1) is 0 Å². The largest absolute Gasteiger partial charge is 0.0843 e. The zero-order valence-electron chi connectivity index (χ0n) is 17.6. The van der Waals surface area contributed by atoms with E-state index in [1.54, 1.807) is 0 Å². The van der Waals surface area contributed by atoms with Crippen molar-refractivity contribution in [3.05, 3.63) is 56.5 Å². The first-order chi connectivity index (χ1) is 11.6. The number of benzene rings is 2. The van der Waals surface area contributed by atoms with Gasteiger partial charge in [-0.15, -0.1) is 0 Å². The minimum Gasteiger partial charge on any atom is -0.0843 e. The first-order valence-corrected chi connectivity index (χ1v) is 10.4. The summed E-state index contributed by atoms with van der Waals surface area (Å²) in [5.41, 5.74) is 6.80. The van der Waals surface area contributed by atoms with Gasteiger partial charge < -0.3 is 0 Å². The van der Waals surface area contributed by atoms with Crippen molar-refractivity contribution in [2.45, 2.75) is 78.6 Å². The molecule has 0 aliphatic rings. The van der Waals surface area contributed by atoms with Crippen molar-refractivity contribution in [2.24, 2.45) is 0 Å². The second-order valence-corrected chi connectivity index (χ2v) is 11.5. The number of halogens is 2. The third kappa shape index (κ3) is 4.37. The van der Waals surface area contributed by atoms with Gasteiger partial charge in [-0.05, 0) is 56.2 Å². The average molecular weight is 436 g/mol. The molecule has 26 heavy (non-hydrogen) atoms. The molecular formula is C24H32BrCl. The topological polar surface area (TPSA) is 0 Å². The predicted octanol–water partition coefficient (Wildman–Crippen LogP) is 8.66. The van der Waals surface area contributed by atoms with Gasteiger partial charge in [0.2, 0.25) is 0 Å². The molecule has 0 fully saturated rings. The molecule has 0 spiro atoms. The summed E-state index contributed by atoms with van der Waals surface area (Å²) < 4.78 is 1.23. The highest BCUT2D eigenvalue weighted by molar-refractivity contribution is 9.10. The minimum absolute atomic E-state index is 0.00899. The summed E-state index contributed by atoms with van der Waals surface area (Å²) in [5.74, 6) is 0. The fourth-order valence-electron chi connectivity index (χ4n) is 3.42. The standard InChI is InChI=1S/C24H32BrCl/c1-22(2,3)17-14-18(23(4,5)6)21(25)20(24(7,8)9)19(17)15-10-12-16(26)13-11-15/h10-14H,1-9H3. The number of rotatable bonds is 1. The monoisotopic (exact) mass is 434 g/mol. The van der Waals surface area contributed by atoms with E-state index >= 15 is 0 Å². The molecule has 2 heteroatoms. The Hall–Kier alpha value is -0.790. The lowest BCUT2D eigenvalue weighted by atomic mass is 9.71. The lowest BCUT2D eigenvalue weighted by Crippen LogP contribution is -2.24. The quantitative estimate of drug-likeness (QED) is 0.420. The molecule has 0 heterocycles. The highest BCUT2D eigenvalue weighted by Gasteiger charge is 2.32. The van der Waals surface area contributed by atoms with E-state index in [1.165, 1.54) is 32.3 Å². The van der Waals surface area contributed by atoms with Gasteiger partial charge in [-0.25, -0.2) is 0 Å². The first-order valence-electron chi connectivity index (χ1n) is 9.28. The Morgan fingerprint density at radius 2 is 1.15 bits per heavy atom. The van der Waals surface area contributed by atoms with E-state index in [2.05, 4.69) is 96.4 Å². The molecule has 2 aromatic rings. The maximum absolute atomic E-state index is 6.17. The molecule has 0 amide bonds. The van der Waals surface area contributed by atoms with Crippen LogP contribution >= 0.6 is 27.5 Å².